The van der Waals surface area contributed by atoms with Crippen molar-refractivity contribution in [3.8, 4) is 0 Å². The summed E-state index contributed by atoms with van der Waals surface area (Å²) in [6, 6.07) is 16.2. The van der Waals surface area contributed by atoms with E-state index in [-0.39, 0.29) is 17.7 Å². The molecule has 5 nitrogen and oxygen atoms in total. The molecule has 6 heteroatoms. The highest BCUT2D eigenvalue weighted by Crippen LogP contribution is 2.19. The molecule has 0 bridgehead atoms. The smallest absolute Gasteiger partial charge is 0.251 e. The fourth-order valence-corrected chi connectivity index (χ4v) is 3.73. The van der Waals surface area contributed by atoms with Crippen LogP contribution in [0.1, 0.15) is 42.7 Å². The Bertz CT molecular complexity index is 802. The minimum Gasteiger partial charge on any atom is -0.346 e. The lowest BCUT2D eigenvalue weighted by molar-refractivity contribution is 0.0940. The van der Waals surface area contributed by atoms with Gasteiger partial charge in [-0.1, -0.05) is 30.3 Å². The maximum atomic E-state index is 12.4. The zero-order valence-corrected chi connectivity index (χ0v) is 15.6. The van der Waals surface area contributed by atoms with Crippen molar-refractivity contribution in [1.29, 1.82) is 0 Å². The van der Waals surface area contributed by atoms with Crippen molar-refractivity contribution in [2.75, 3.05) is 16.6 Å². The monoisotopic (exact) mass is 360 g/mol. The molecule has 1 amide bonds. The van der Waals surface area contributed by atoms with Crippen LogP contribution in [0, 0.1) is 0 Å². The Hall–Kier alpha value is -2.34. The van der Waals surface area contributed by atoms with E-state index in [0.717, 1.165) is 5.56 Å². The summed E-state index contributed by atoms with van der Waals surface area (Å²) in [6.45, 7) is 5.68. The van der Waals surface area contributed by atoms with Gasteiger partial charge in [0.1, 0.15) is 0 Å². The average Bonchev–Trinajstić information content (AvgIpc) is 2.63. The van der Waals surface area contributed by atoms with Gasteiger partial charge in [-0.3, -0.25) is 9.10 Å². The van der Waals surface area contributed by atoms with Crippen LogP contribution in [0.2, 0.25) is 0 Å². The second kappa shape index (κ2) is 8.16. The van der Waals surface area contributed by atoms with E-state index in [1.165, 1.54) is 4.31 Å². The summed E-state index contributed by atoms with van der Waals surface area (Å²) in [7, 11) is -3.32. The first-order valence-corrected chi connectivity index (χ1v) is 9.96. The molecule has 0 fully saturated rings. The Morgan fingerprint density at radius 2 is 1.64 bits per heavy atom. The fraction of sp³-hybridized carbons (Fsp3) is 0.316. The van der Waals surface area contributed by atoms with Crippen molar-refractivity contribution in [2.24, 2.45) is 0 Å². The van der Waals surface area contributed by atoms with E-state index >= 15 is 0 Å². The Morgan fingerprint density at radius 3 is 2.16 bits per heavy atom. The molecule has 0 aliphatic rings. The molecule has 0 aliphatic carbocycles. The number of nitrogens with one attached hydrogen (secondary N) is 1. The van der Waals surface area contributed by atoms with E-state index in [9.17, 15) is 13.2 Å². The molecule has 1 unspecified atom stereocenters. The molecule has 25 heavy (non-hydrogen) atoms. The third kappa shape index (κ3) is 4.60. The van der Waals surface area contributed by atoms with Gasteiger partial charge in [0.05, 0.1) is 17.5 Å². The average molecular weight is 360 g/mol. The van der Waals surface area contributed by atoms with E-state index in [1.54, 1.807) is 38.1 Å². The Labute approximate surface area is 149 Å². The zero-order chi connectivity index (χ0) is 18.4. The highest BCUT2D eigenvalue weighted by atomic mass is 32.2. The quantitative estimate of drug-likeness (QED) is 0.823. The lowest BCUT2D eigenvalue weighted by Gasteiger charge is -2.22. The maximum absolute atomic E-state index is 12.4. The number of amides is 1. The Morgan fingerprint density at radius 1 is 1.04 bits per heavy atom. The van der Waals surface area contributed by atoms with Crippen LogP contribution in [0.5, 0.6) is 0 Å². The third-order valence-electron chi connectivity index (χ3n) is 4.05. The number of carbonyl (C=O) groups excluding carboxylic acids is 1. The van der Waals surface area contributed by atoms with Crippen LogP contribution in [0.3, 0.4) is 0 Å². The molecule has 2 rings (SSSR count). The summed E-state index contributed by atoms with van der Waals surface area (Å²) in [6.07, 6.45) is 0. The number of hydrogen-bond acceptors (Lipinski definition) is 3. The molecule has 0 spiro atoms. The standard InChI is InChI=1S/C19H24N2O3S/c1-4-21(25(23,24)5-2)18-13-11-17(12-14-18)19(22)20-15(3)16-9-7-6-8-10-16/h6-15H,4-5H2,1-3H3,(H,20,22). The van der Waals surface area contributed by atoms with Gasteiger partial charge >= 0.3 is 0 Å². The predicted molar refractivity (Wildman–Crippen MR) is 101 cm³/mol. The molecular formula is C19H24N2O3S. The number of benzene rings is 2. The summed E-state index contributed by atoms with van der Waals surface area (Å²) in [4.78, 5) is 12.4. The van der Waals surface area contributed by atoms with Gasteiger partial charge in [-0.05, 0) is 50.6 Å². The summed E-state index contributed by atoms with van der Waals surface area (Å²) in [5.74, 6) is -0.151. The molecule has 0 heterocycles. The molecular weight excluding hydrogens is 336 g/mol. The van der Waals surface area contributed by atoms with Gasteiger partial charge in [0.2, 0.25) is 10.0 Å². The van der Waals surface area contributed by atoms with Crippen molar-refractivity contribution < 1.29 is 13.2 Å². The minimum atomic E-state index is -3.32. The zero-order valence-electron chi connectivity index (χ0n) is 14.8. The van der Waals surface area contributed by atoms with Gasteiger partial charge < -0.3 is 5.32 Å². The predicted octanol–water partition coefficient (Wildman–Crippen LogP) is 3.35. The molecule has 2 aromatic carbocycles. The van der Waals surface area contributed by atoms with Crippen LogP contribution >= 0.6 is 0 Å². The molecule has 134 valence electrons. The Kier molecular flexibility index (Phi) is 6.20. The van der Waals surface area contributed by atoms with Crippen LogP contribution < -0.4 is 9.62 Å². The number of carbonyl (C=O) groups is 1. The second-order valence-corrected chi connectivity index (χ2v) is 7.90. The topological polar surface area (TPSA) is 66.5 Å². The number of rotatable bonds is 7. The van der Waals surface area contributed by atoms with Gasteiger partial charge in [0.15, 0.2) is 0 Å². The van der Waals surface area contributed by atoms with Crippen molar-refractivity contribution in [3.63, 3.8) is 0 Å². The summed E-state index contributed by atoms with van der Waals surface area (Å²) in [5.41, 5.74) is 2.09. The third-order valence-corrected chi connectivity index (χ3v) is 5.92. The van der Waals surface area contributed by atoms with Gasteiger partial charge in [-0.15, -0.1) is 0 Å². The molecule has 0 radical (unpaired) electrons. The lowest BCUT2D eigenvalue weighted by atomic mass is 10.1. The van der Waals surface area contributed by atoms with E-state index in [4.69, 9.17) is 0 Å². The van der Waals surface area contributed by atoms with Crippen LogP contribution in [-0.4, -0.2) is 26.6 Å². The highest BCUT2D eigenvalue weighted by Gasteiger charge is 2.19. The van der Waals surface area contributed by atoms with Crippen molar-refractivity contribution in [2.45, 2.75) is 26.8 Å². The Balaban J connectivity index is 2.12. The van der Waals surface area contributed by atoms with Crippen LogP contribution in [-0.2, 0) is 10.0 Å². The first-order chi connectivity index (χ1) is 11.9. The van der Waals surface area contributed by atoms with E-state index in [0.29, 0.717) is 17.8 Å². The normalized spacial score (nSPS) is 12.4. The maximum Gasteiger partial charge on any atom is 0.251 e. The SMILES string of the molecule is CCN(c1ccc(C(=O)NC(C)c2ccccc2)cc1)S(=O)(=O)CC. The molecule has 1 N–H and O–H groups in total. The first kappa shape index (κ1) is 19.0. The van der Waals surface area contributed by atoms with Gasteiger partial charge in [0, 0.05) is 12.1 Å². The van der Waals surface area contributed by atoms with Crippen molar-refractivity contribution >= 4 is 21.6 Å². The van der Waals surface area contributed by atoms with Gasteiger partial charge in [-0.25, -0.2) is 8.42 Å². The summed E-state index contributed by atoms with van der Waals surface area (Å²) in [5, 5.41) is 2.95. The molecule has 0 aromatic heterocycles. The second-order valence-electron chi connectivity index (χ2n) is 5.72. The molecule has 0 saturated carbocycles. The lowest BCUT2D eigenvalue weighted by Crippen LogP contribution is -2.32. The molecule has 0 aliphatic heterocycles. The number of hydrogen-bond donors (Lipinski definition) is 1. The fourth-order valence-electron chi connectivity index (χ4n) is 2.58. The van der Waals surface area contributed by atoms with Crippen LogP contribution in [0.15, 0.2) is 54.6 Å². The van der Waals surface area contributed by atoms with Crippen LogP contribution in [0.4, 0.5) is 5.69 Å². The largest absolute Gasteiger partial charge is 0.346 e. The molecule has 1 atom stereocenters. The number of anilines is 1. The molecule has 0 saturated heterocycles. The first-order valence-electron chi connectivity index (χ1n) is 8.35. The van der Waals surface area contributed by atoms with Crippen LogP contribution in [0.25, 0.3) is 0 Å². The van der Waals surface area contributed by atoms with E-state index < -0.39 is 10.0 Å². The van der Waals surface area contributed by atoms with E-state index in [1.807, 2.05) is 37.3 Å². The van der Waals surface area contributed by atoms with E-state index in [2.05, 4.69) is 5.32 Å². The highest BCUT2D eigenvalue weighted by molar-refractivity contribution is 7.92. The van der Waals surface area contributed by atoms with Gasteiger partial charge in [-0.2, -0.15) is 0 Å². The minimum absolute atomic E-state index is 0.0394. The van der Waals surface area contributed by atoms with Crippen molar-refractivity contribution in [1.82, 2.24) is 5.32 Å². The summed E-state index contributed by atoms with van der Waals surface area (Å²) < 4.78 is 25.5. The number of nitrogens with zero attached hydrogens (tertiary/aromatic N) is 1. The summed E-state index contributed by atoms with van der Waals surface area (Å²) >= 11 is 0. The molecule has 2 aromatic rings. The van der Waals surface area contributed by atoms with Crippen molar-refractivity contribution in [3.05, 3.63) is 65.7 Å². The number of sulfonamides is 1. The van der Waals surface area contributed by atoms with Gasteiger partial charge in [0.25, 0.3) is 5.91 Å².